The number of pyridine rings is 1. The van der Waals surface area contributed by atoms with Crippen LogP contribution in [0.3, 0.4) is 0 Å². The lowest BCUT2D eigenvalue weighted by Crippen LogP contribution is -2.15. The average Bonchev–Trinajstić information content (AvgIpc) is 3.04. The first-order valence-electron chi connectivity index (χ1n) is 6.99. The molecule has 0 radical (unpaired) electrons. The second kappa shape index (κ2) is 8.48. The van der Waals surface area contributed by atoms with Crippen molar-refractivity contribution in [2.45, 2.75) is 4.34 Å². The summed E-state index contributed by atoms with van der Waals surface area (Å²) in [6, 6.07) is 11.2. The molecule has 0 aliphatic rings. The number of halogens is 2. The van der Waals surface area contributed by atoms with Crippen LogP contribution in [-0.2, 0) is 4.79 Å². The third-order valence-electron chi connectivity index (χ3n) is 2.82. The van der Waals surface area contributed by atoms with E-state index in [-0.39, 0.29) is 22.5 Å². The predicted molar refractivity (Wildman–Crippen MR) is 103 cm³/mol. The molecule has 0 spiro atoms. The van der Waals surface area contributed by atoms with Crippen LogP contribution in [0.25, 0.3) is 0 Å². The molecule has 1 aromatic carbocycles. The van der Waals surface area contributed by atoms with Crippen molar-refractivity contribution in [3.63, 3.8) is 0 Å². The van der Waals surface area contributed by atoms with Crippen LogP contribution in [0.5, 0.6) is 0 Å². The van der Waals surface area contributed by atoms with Crippen LogP contribution in [-0.4, -0.2) is 26.8 Å². The van der Waals surface area contributed by atoms with Gasteiger partial charge in [0.25, 0.3) is 0 Å². The second-order valence-corrected chi connectivity index (χ2v) is 7.73. The molecule has 0 unspecified atom stereocenters. The van der Waals surface area contributed by atoms with E-state index in [1.165, 1.54) is 35.4 Å². The maximum absolute atomic E-state index is 12.0. The van der Waals surface area contributed by atoms with Crippen molar-refractivity contribution in [2.75, 3.05) is 16.4 Å². The van der Waals surface area contributed by atoms with Crippen LogP contribution in [0.1, 0.15) is 0 Å². The second-order valence-electron chi connectivity index (χ2n) is 4.68. The monoisotopic (exact) mass is 411 g/mol. The Kier molecular flexibility index (Phi) is 6.09. The van der Waals surface area contributed by atoms with E-state index in [0.717, 1.165) is 5.69 Å². The molecule has 0 saturated carbocycles. The predicted octanol–water partition coefficient (Wildman–Crippen LogP) is 4.71. The number of nitrogens with zero attached hydrogens (tertiary/aromatic N) is 3. The molecule has 10 heteroatoms. The quantitative estimate of drug-likeness (QED) is 0.571. The first-order valence-corrected chi connectivity index (χ1v) is 9.55. The molecule has 1 amide bonds. The van der Waals surface area contributed by atoms with E-state index in [4.69, 9.17) is 23.2 Å². The van der Waals surface area contributed by atoms with Gasteiger partial charge in [-0.25, -0.2) is 4.98 Å². The molecular formula is C15H11Cl2N5OS2. The molecule has 128 valence electrons. The molecule has 0 bridgehead atoms. The third kappa shape index (κ3) is 5.30. The number of nitrogens with one attached hydrogen (secondary N) is 2. The molecule has 2 aromatic heterocycles. The standard InChI is InChI=1S/C15H11Cl2N5OS2/c16-9-6-11(17)13(18-7-9)20-12(23)8-24-15-22-21-14(25-15)19-10-4-2-1-3-5-10/h1-7H,8H2,(H,19,21)(H,18,20,23). The van der Waals surface area contributed by atoms with Crippen molar-refractivity contribution < 1.29 is 4.79 Å². The fourth-order valence-electron chi connectivity index (χ4n) is 1.77. The summed E-state index contributed by atoms with van der Waals surface area (Å²) in [5, 5.41) is 15.3. The Morgan fingerprint density at radius 1 is 1.20 bits per heavy atom. The number of thioether (sulfide) groups is 1. The smallest absolute Gasteiger partial charge is 0.236 e. The number of hydrogen-bond donors (Lipinski definition) is 2. The zero-order chi connectivity index (χ0) is 17.6. The molecule has 2 N–H and O–H groups in total. The summed E-state index contributed by atoms with van der Waals surface area (Å²) in [7, 11) is 0. The van der Waals surface area contributed by atoms with Crippen LogP contribution in [0.15, 0.2) is 46.9 Å². The van der Waals surface area contributed by atoms with Gasteiger partial charge in [0.15, 0.2) is 10.2 Å². The minimum atomic E-state index is -0.241. The Morgan fingerprint density at radius 2 is 2.00 bits per heavy atom. The van der Waals surface area contributed by atoms with E-state index in [1.807, 2.05) is 30.3 Å². The lowest BCUT2D eigenvalue weighted by atomic mass is 10.3. The van der Waals surface area contributed by atoms with Crippen molar-refractivity contribution in [3.8, 4) is 0 Å². The van der Waals surface area contributed by atoms with E-state index in [9.17, 15) is 4.79 Å². The Bertz CT molecular complexity index is 875. The van der Waals surface area contributed by atoms with Crippen LogP contribution in [0.4, 0.5) is 16.6 Å². The lowest BCUT2D eigenvalue weighted by Gasteiger charge is -2.05. The highest BCUT2D eigenvalue weighted by Crippen LogP contribution is 2.28. The van der Waals surface area contributed by atoms with Crippen molar-refractivity contribution in [2.24, 2.45) is 0 Å². The minimum absolute atomic E-state index is 0.167. The van der Waals surface area contributed by atoms with Crippen molar-refractivity contribution in [3.05, 3.63) is 52.6 Å². The van der Waals surface area contributed by atoms with Crippen molar-refractivity contribution in [1.82, 2.24) is 15.2 Å². The van der Waals surface area contributed by atoms with Gasteiger partial charge in [0.1, 0.15) is 0 Å². The number of carbonyl (C=O) groups excluding carboxylic acids is 1. The molecular weight excluding hydrogens is 401 g/mol. The van der Waals surface area contributed by atoms with Gasteiger partial charge in [0, 0.05) is 11.9 Å². The van der Waals surface area contributed by atoms with Gasteiger partial charge in [-0.3, -0.25) is 4.79 Å². The van der Waals surface area contributed by atoms with Crippen LogP contribution < -0.4 is 10.6 Å². The summed E-state index contributed by atoms with van der Waals surface area (Å²) in [4.78, 5) is 16.0. The van der Waals surface area contributed by atoms with Crippen LogP contribution >= 0.6 is 46.3 Å². The SMILES string of the molecule is O=C(CSc1nnc(Nc2ccccc2)s1)Nc1ncc(Cl)cc1Cl. The number of amides is 1. The number of para-hydroxylation sites is 1. The van der Waals surface area contributed by atoms with Gasteiger partial charge >= 0.3 is 0 Å². The zero-order valence-electron chi connectivity index (χ0n) is 12.6. The van der Waals surface area contributed by atoms with Gasteiger partial charge in [0.2, 0.25) is 11.0 Å². The maximum Gasteiger partial charge on any atom is 0.236 e. The number of hydrogen-bond acceptors (Lipinski definition) is 7. The summed E-state index contributed by atoms with van der Waals surface area (Å²) in [5.74, 6) is 0.204. The summed E-state index contributed by atoms with van der Waals surface area (Å²) < 4.78 is 0.684. The molecule has 0 saturated heterocycles. The molecule has 6 nitrogen and oxygen atoms in total. The van der Waals surface area contributed by atoms with Gasteiger partial charge in [-0.05, 0) is 18.2 Å². The zero-order valence-corrected chi connectivity index (χ0v) is 15.7. The Morgan fingerprint density at radius 3 is 2.76 bits per heavy atom. The maximum atomic E-state index is 12.0. The van der Waals surface area contributed by atoms with Gasteiger partial charge in [0.05, 0.1) is 15.8 Å². The Hall–Kier alpha value is -1.87. The van der Waals surface area contributed by atoms with Gasteiger partial charge < -0.3 is 10.6 Å². The molecule has 2 heterocycles. The first-order chi connectivity index (χ1) is 12.1. The van der Waals surface area contributed by atoms with Crippen LogP contribution in [0.2, 0.25) is 10.0 Å². The summed E-state index contributed by atoms with van der Waals surface area (Å²) in [5.41, 5.74) is 0.927. The van der Waals surface area contributed by atoms with Crippen LogP contribution in [0, 0.1) is 0 Å². The topological polar surface area (TPSA) is 79.8 Å². The highest BCUT2D eigenvalue weighted by atomic mass is 35.5. The molecule has 3 rings (SSSR count). The van der Waals surface area contributed by atoms with Crippen molar-refractivity contribution in [1.29, 1.82) is 0 Å². The molecule has 0 fully saturated rings. The lowest BCUT2D eigenvalue weighted by molar-refractivity contribution is -0.113. The minimum Gasteiger partial charge on any atom is -0.330 e. The fraction of sp³-hybridized carbons (Fsp3) is 0.0667. The fourth-order valence-corrected chi connectivity index (χ4v) is 3.77. The Balaban J connectivity index is 1.52. The molecule has 3 aromatic rings. The summed E-state index contributed by atoms with van der Waals surface area (Å²) in [6.07, 6.45) is 1.42. The Labute approximate surface area is 162 Å². The van der Waals surface area contributed by atoms with Crippen molar-refractivity contribution >= 4 is 68.8 Å². The van der Waals surface area contributed by atoms with Gasteiger partial charge in [-0.1, -0.05) is 64.5 Å². The summed E-state index contributed by atoms with van der Waals surface area (Å²) >= 11 is 14.4. The number of anilines is 3. The first kappa shape index (κ1) is 17.9. The summed E-state index contributed by atoms with van der Waals surface area (Å²) in [6.45, 7) is 0. The van der Waals surface area contributed by atoms with E-state index in [0.29, 0.717) is 14.5 Å². The third-order valence-corrected chi connectivity index (χ3v) is 5.29. The largest absolute Gasteiger partial charge is 0.330 e. The van der Waals surface area contributed by atoms with Gasteiger partial charge in [-0.2, -0.15) is 0 Å². The van der Waals surface area contributed by atoms with E-state index in [1.54, 1.807) is 0 Å². The highest BCUT2D eigenvalue weighted by Gasteiger charge is 2.11. The normalized spacial score (nSPS) is 10.5. The average molecular weight is 412 g/mol. The van der Waals surface area contributed by atoms with E-state index >= 15 is 0 Å². The molecule has 25 heavy (non-hydrogen) atoms. The van der Waals surface area contributed by atoms with Gasteiger partial charge in [-0.15, -0.1) is 10.2 Å². The van der Waals surface area contributed by atoms with E-state index < -0.39 is 0 Å². The number of benzene rings is 1. The molecule has 0 aliphatic heterocycles. The molecule has 0 atom stereocenters. The highest BCUT2D eigenvalue weighted by molar-refractivity contribution is 8.01. The number of aromatic nitrogens is 3. The molecule has 0 aliphatic carbocycles. The number of rotatable bonds is 6. The van der Waals surface area contributed by atoms with E-state index in [2.05, 4.69) is 25.8 Å². The number of carbonyl (C=O) groups is 1.